The minimum atomic E-state index is -0.361. The molecule has 144 valence electrons. The molecular weight excluding hydrogens is 376 g/mol. The fourth-order valence-corrected chi connectivity index (χ4v) is 2.95. The summed E-state index contributed by atoms with van der Waals surface area (Å²) in [6, 6.07) is 15.8. The highest BCUT2D eigenvalue weighted by atomic mass is 35.5. The van der Waals surface area contributed by atoms with Crippen LogP contribution >= 0.6 is 11.6 Å². The second-order valence-electron chi connectivity index (χ2n) is 6.60. The number of anilines is 1. The molecular formula is C22H21ClN2O3. The van der Waals surface area contributed by atoms with Gasteiger partial charge in [-0.3, -0.25) is 9.59 Å². The van der Waals surface area contributed by atoms with E-state index in [1.807, 2.05) is 32.0 Å². The van der Waals surface area contributed by atoms with Crippen molar-refractivity contribution in [2.24, 2.45) is 0 Å². The molecule has 0 spiro atoms. The Bertz CT molecular complexity index is 982. The summed E-state index contributed by atoms with van der Waals surface area (Å²) in [4.78, 5) is 26.9. The molecule has 28 heavy (non-hydrogen) atoms. The molecule has 6 heteroatoms. The van der Waals surface area contributed by atoms with Crippen LogP contribution in [0.2, 0.25) is 5.02 Å². The molecule has 1 N–H and O–H groups in total. The first kappa shape index (κ1) is 19.7. The summed E-state index contributed by atoms with van der Waals surface area (Å²) in [5.41, 5.74) is 2.90. The van der Waals surface area contributed by atoms with Gasteiger partial charge in [0.2, 0.25) is 0 Å². The molecule has 0 aliphatic rings. The zero-order valence-electron chi connectivity index (χ0n) is 15.9. The lowest BCUT2D eigenvalue weighted by atomic mass is 10.0. The van der Waals surface area contributed by atoms with Crippen molar-refractivity contribution in [3.05, 3.63) is 88.3 Å². The fourth-order valence-electron chi connectivity index (χ4n) is 2.83. The number of carbonyl (C=O) groups excluding carboxylic acids is 2. The van der Waals surface area contributed by atoms with Gasteiger partial charge in [-0.1, -0.05) is 29.8 Å². The van der Waals surface area contributed by atoms with Crippen LogP contribution < -0.4 is 5.32 Å². The molecule has 0 fully saturated rings. The predicted molar refractivity (Wildman–Crippen MR) is 110 cm³/mol. The van der Waals surface area contributed by atoms with Gasteiger partial charge < -0.3 is 14.6 Å². The molecule has 1 aromatic heterocycles. The summed E-state index contributed by atoms with van der Waals surface area (Å²) in [6.45, 7) is 3.82. The summed E-state index contributed by atoms with van der Waals surface area (Å²) in [5.74, 6) is -0.291. The number of aryl methyl sites for hydroxylation is 1. The number of hydrogen-bond donors (Lipinski definition) is 1. The zero-order chi connectivity index (χ0) is 20.3. The Balaban J connectivity index is 1.79. The summed E-state index contributed by atoms with van der Waals surface area (Å²) in [6.07, 6.45) is 1.44. The average Bonchev–Trinajstić information content (AvgIpc) is 3.23. The Hall–Kier alpha value is -3.05. The van der Waals surface area contributed by atoms with E-state index < -0.39 is 0 Å². The minimum Gasteiger partial charge on any atom is -0.459 e. The van der Waals surface area contributed by atoms with Crippen LogP contribution in [-0.4, -0.2) is 23.8 Å². The molecule has 1 heterocycles. The van der Waals surface area contributed by atoms with Gasteiger partial charge in [0.15, 0.2) is 5.76 Å². The molecule has 1 unspecified atom stereocenters. The van der Waals surface area contributed by atoms with Crippen LogP contribution in [0.25, 0.3) is 0 Å². The number of carbonyl (C=O) groups is 2. The monoisotopic (exact) mass is 396 g/mol. The number of furan rings is 1. The van der Waals surface area contributed by atoms with E-state index in [9.17, 15) is 9.59 Å². The average molecular weight is 397 g/mol. The fraction of sp³-hybridized carbons (Fsp3) is 0.182. The van der Waals surface area contributed by atoms with Gasteiger partial charge in [0, 0.05) is 23.3 Å². The molecule has 5 nitrogen and oxygen atoms in total. The van der Waals surface area contributed by atoms with Crippen LogP contribution in [-0.2, 0) is 0 Å². The summed E-state index contributed by atoms with van der Waals surface area (Å²) >= 11 is 5.94. The predicted octanol–water partition coefficient (Wildman–Crippen LogP) is 5.33. The largest absolute Gasteiger partial charge is 0.459 e. The topological polar surface area (TPSA) is 62.6 Å². The number of rotatable bonds is 5. The standard InChI is InChI=1S/C22H21ClN2O3/c1-14-6-7-17(13-19(14)24-21(26)20-5-4-12-28-20)22(27)25(3)15(2)16-8-10-18(23)11-9-16/h4-13,15H,1-3H3,(H,24,26). The van der Waals surface area contributed by atoms with E-state index in [2.05, 4.69) is 5.32 Å². The Labute approximate surface area is 168 Å². The van der Waals surface area contributed by atoms with Gasteiger partial charge in [0.05, 0.1) is 12.3 Å². The number of nitrogens with zero attached hydrogens (tertiary/aromatic N) is 1. The van der Waals surface area contributed by atoms with E-state index in [-0.39, 0.29) is 23.6 Å². The maximum absolute atomic E-state index is 13.0. The molecule has 0 bridgehead atoms. The third-order valence-electron chi connectivity index (χ3n) is 4.73. The van der Waals surface area contributed by atoms with Crippen molar-refractivity contribution in [1.29, 1.82) is 0 Å². The zero-order valence-corrected chi connectivity index (χ0v) is 16.7. The van der Waals surface area contributed by atoms with E-state index in [0.29, 0.717) is 16.3 Å². The third kappa shape index (κ3) is 4.26. The van der Waals surface area contributed by atoms with Crippen molar-refractivity contribution in [2.75, 3.05) is 12.4 Å². The second kappa shape index (κ2) is 8.31. The van der Waals surface area contributed by atoms with Crippen LogP contribution in [0.5, 0.6) is 0 Å². The molecule has 3 aromatic rings. The highest BCUT2D eigenvalue weighted by Gasteiger charge is 2.20. The van der Waals surface area contributed by atoms with Gasteiger partial charge in [0.1, 0.15) is 0 Å². The number of benzene rings is 2. The van der Waals surface area contributed by atoms with E-state index in [4.69, 9.17) is 16.0 Å². The molecule has 2 aromatic carbocycles. The van der Waals surface area contributed by atoms with Gasteiger partial charge in [0.25, 0.3) is 11.8 Å². The van der Waals surface area contributed by atoms with Crippen molar-refractivity contribution in [3.8, 4) is 0 Å². The highest BCUT2D eigenvalue weighted by molar-refractivity contribution is 6.30. The Morgan fingerprint density at radius 1 is 1.11 bits per heavy atom. The second-order valence-corrected chi connectivity index (χ2v) is 7.04. The first-order valence-electron chi connectivity index (χ1n) is 8.85. The maximum atomic E-state index is 13.0. The number of halogens is 1. The molecule has 2 amide bonds. The molecule has 0 aliphatic heterocycles. The Kier molecular flexibility index (Phi) is 5.85. The molecule has 0 saturated carbocycles. The normalized spacial score (nSPS) is 11.7. The molecule has 3 rings (SSSR count). The summed E-state index contributed by atoms with van der Waals surface area (Å²) in [5, 5.41) is 3.45. The van der Waals surface area contributed by atoms with Crippen molar-refractivity contribution in [1.82, 2.24) is 4.90 Å². The van der Waals surface area contributed by atoms with Crippen LogP contribution in [0.15, 0.2) is 65.3 Å². The van der Waals surface area contributed by atoms with Crippen LogP contribution in [0.1, 0.15) is 45.0 Å². The Morgan fingerprint density at radius 3 is 2.46 bits per heavy atom. The van der Waals surface area contributed by atoms with Gasteiger partial charge in [-0.2, -0.15) is 0 Å². The summed E-state index contributed by atoms with van der Waals surface area (Å²) < 4.78 is 5.12. The van der Waals surface area contributed by atoms with Crippen molar-refractivity contribution in [2.45, 2.75) is 19.9 Å². The Morgan fingerprint density at radius 2 is 1.82 bits per heavy atom. The van der Waals surface area contributed by atoms with Gasteiger partial charge in [-0.25, -0.2) is 0 Å². The lowest BCUT2D eigenvalue weighted by Crippen LogP contribution is -2.29. The maximum Gasteiger partial charge on any atom is 0.291 e. The van der Waals surface area contributed by atoms with Crippen LogP contribution in [0, 0.1) is 6.92 Å². The highest BCUT2D eigenvalue weighted by Crippen LogP contribution is 2.24. The number of amides is 2. The first-order chi connectivity index (χ1) is 13.4. The summed E-state index contributed by atoms with van der Waals surface area (Å²) in [7, 11) is 1.75. The number of nitrogens with one attached hydrogen (secondary N) is 1. The van der Waals surface area contributed by atoms with Crippen molar-refractivity contribution >= 4 is 29.1 Å². The molecule has 0 radical (unpaired) electrons. The van der Waals surface area contributed by atoms with Gasteiger partial charge >= 0.3 is 0 Å². The third-order valence-corrected chi connectivity index (χ3v) is 4.98. The van der Waals surface area contributed by atoms with Crippen LogP contribution in [0.3, 0.4) is 0 Å². The van der Waals surface area contributed by atoms with E-state index in [1.165, 1.54) is 6.26 Å². The quantitative estimate of drug-likeness (QED) is 0.634. The SMILES string of the molecule is Cc1ccc(C(=O)N(C)C(C)c2ccc(Cl)cc2)cc1NC(=O)c1ccco1. The molecule has 0 aliphatic carbocycles. The van der Waals surface area contributed by atoms with Crippen LogP contribution in [0.4, 0.5) is 5.69 Å². The molecule has 1 atom stereocenters. The lowest BCUT2D eigenvalue weighted by Gasteiger charge is -2.26. The van der Waals surface area contributed by atoms with Gasteiger partial charge in [-0.05, 0) is 61.4 Å². The van der Waals surface area contributed by atoms with Gasteiger partial charge in [-0.15, -0.1) is 0 Å². The molecule has 0 saturated heterocycles. The number of hydrogen-bond acceptors (Lipinski definition) is 3. The smallest absolute Gasteiger partial charge is 0.291 e. The lowest BCUT2D eigenvalue weighted by molar-refractivity contribution is 0.0742. The van der Waals surface area contributed by atoms with E-state index in [1.54, 1.807) is 48.3 Å². The van der Waals surface area contributed by atoms with Crippen molar-refractivity contribution < 1.29 is 14.0 Å². The first-order valence-corrected chi connectivity index (χ1v) is 9.22. The van der Waals surface area contributed by atoms with Crippen molar-refractivity contribution in [3.63, 3.8) is 0 Å². The minimum absolute atomic E-state index is 0.132. The van der Waals surface area contributed by atoms with E-state index in [0.717, 1.165) is 11.1 Å². The van der Waals surface area contributed by atoms with E-state index >= 15 is 0 Å².